The van der Waals surface area contributed by atoms with Gasteiger partial charge < -0.3 is 14.7 Å². The van der Waals surface area contributed by atoms with Gasteiger partial charge in [0.25, 0.3) is 5.91 Å². The Labute approximate surface area is 110 Å². The highest BCUT2D eigenvalue weighted by atomic mass is 16.3. The number of nitrogens with one attached hydrogen (secondary N) is 2. The van der Waals surface area contributed by atoms with Crippen LogP contribution in [-0.2, 0) is 6.54 Å². The molecular formula is C15H14N2O2. The molecule has 4 nitrogen and oxygen atoms in total. The first kappa shape index (κ1) is 11.6. The van der Waals surface area contributed by atoms with Crippen LogP contribution in [0.1, 0.15) is 21.7 Å². The Morgan fingerprint density at radius 1 is 1.32 bits per heavy atom. The number of aromatic nitrogens is 1. The average Bonchev–Trinajstić information content (AvgIpc) is 3.05. The molecule has 0 atom stereocenters. The summed E-state index contributed by atoms with van der Waals surface area (Å²) in [6.07, 6.45) is 3.68. The van der Waals surface area contributed by atoms with E-state index in [0.717, 1.165) is 22.1 Å². The number of carbonyl (C=O) groups excluding carboxylic acids is 1. The van der Waals surface area contributed by atoms with Crippen LogP contribution in [0, 0.1) is 6.92 Å². The molecule has 1 amide bonds. The van der Waals surface area contributed by atoms with Gasteiger partial charge in [0, 0.05) is 29.9 Å². The lowest BCUT2D eigenvalue weighted by Crippen LogP contribution is -2.22. The highest BCUT2D eigenvalue weighted by Crippen LogP contribution is 2.24. The molecule has 3 aromatic rings. The minimum absolute atomic E-state index is 0.185. The highest BCUT2D eigenvalue weighted by Gasteiger charge is 2.16. The van der Waals surface area contributed by atoms with Gasteiger partial charge in [0.15, 0.2) is 5.76 Å². The van der Waals surface area contributed by atoms with Gasteiger partial charge in [0.1, 0.15) is 5.58 Å². The number of rotatable bonds is 3. The number of hydrogen-bond acceptors (Lipinski definition) is 2. The molecule has 96 valence electrons. The monoisotopic (exact) mass is 254 g/mol. The predicted molar refractivity (Wildman–Crippen MR) is 72.9 cm³/mol. The molecule has 0 fully saturated rings. The maximum Gasteiger partial charge on any atom is 0.287 e. The molecule has 3 rings (SSSR count). The number of fused-ring (bicyclic) bond motifs is 1. The Morgan fingerprint density at radius 2 is 2.16 bits per heavy atom. The van der Waals surface area contributed by atoms with Gasteiger partial charge in [-0.3, -0.25) is 4.79 Å². The van der Waals surface area contributed by atoms with E-state index in [-0.39, 0.29) is 5.91 Å². The summed E-state index contributed by atoms with van der Waals surface area (Å²) in [5.74, 6) is 0.201. The van der Waals surface area contributed by atoms with E-state index in [1.807, 2.05) is 49.6 Å². The zero-order valence-electron chi connectivity index (χ0n) is 10.6. The van der Waals surface area contributed by atoms with Crippen LogP contribution in [0.5, 0.6) is 0 Å². The van der Waals surface area contributed by atoms with Crippen molar-refractivity contribution in [1.82, 2.24) is 10.3 Å². The molecule has 0 aliphatic heterocycles. The third-order valence-electron chi connectivity index (χ3n) is 3.17. The number of para-hydroxylation sites is 1. The van der Waals surface area contributed by atoms with Gasteiger partial charge in [0.2, 0.25) is 0 Å². The van der Waals surface area contributed by atoms with Gasteiger partial charge in [0.05, 0.1) is 0 Å². The molecule has 0 aliphatic rings. The van der Waals surface area contributed by atoms with Gasteiger partial charge in [-0.15, -0.1) is 0 Å². The van der Waals surface area contributed by atoms with E-state index in [4.69, 9.17) is 4.42 Å². The number of aryl methyl sites for hydroxylation is 1. The fourth-order valence-corrected chi connectivity index (χ4v) is 2.12. The third kappa shape index (κ3) is 2.12. The van der Waals surface area contributed by atoms with Crippen LogP contribution in [0.25, 0.3) is 11.0 Å². The zero-order valence-corrected chi connectivity index (χ0v) is 10.6. The second-order valence-electron chi connectivity index (χ2n) is 4.45. The SMILES string of the molecule is Cc1c(C(=O)NCc2cc[nH]c2)oc2ccccc12. The van der Waals surface area contributed by atoms with Crippen molar-refractivity contribution in [3.05, 3.63) is 59.6 Å². The Bertz CT molecular complexity index is 711. The molecule has 2 heterocycles. The molecule has 1 aromatic carbocycles. The van der Waals surface area contributed by atoms with E-state index in [1.165, 1.54) is 0 Å². The number of benzene rings is 1. The Balaban J connectivity index is 1.83. The van der Waals surface area contributed by atoms with E-state index in [2.05, 4.69) is 10.3 Å². The van der Waals surface area contributed by atoms with Gasteiger partial charge in [-0.05, 0) is 24.6 Å². The predicted octanol–water partition coefficient (Wildman–Crippen LogP) is 3.00. The summed E-state index contributed by atoms with van der Waals surface area (Å²) in [7, 11) is 0. The number of furan rings is 1. The summed E-state index contributed by atoms with van der Waals surface area (Å²) in [6, 6.07) is 9.58. The summed E-state index contributed by atoms with van der Waals surface area (Å²) in [5.41, 5.74) is 2.65. The summed E-state index contributed by atoms with van der Waals surface area (Å²) in [5, 5.41) is 3.83. The van der Waals surface area contributed by atoms with Crippen LogP contribution in [0.4, 0.5) is 0 Å². The molecule has 0 spiro atoms. The number of aromatic amines is 1. The summed E-state index contributed by atoms with van der Waals surface area (Å²) >= 11 is 0. The van der Waals surface area contributed by atoms with E-state index in [9.17, 15) is 4.79 Å². The Hall–Kier alpha value is -2.49. The fraction of sp³-hybridized carbons (Fsp3) is 0.133. The van der Waals surface area contributed by atoms with Crippen molar-refractivity contribution in [3.63, 3.8) is 0 Å². The first-order chi connectivity index (χ1) is 9.25. The van der Waals surface area contributed by atoms with Crippen molar-refractivity contribution in [3.8, 4) is 0 Å². The van der Waals surface area contributed by atoms with Crippen molar-refractivity contribution in [2.75, 3.05) is 0 Å². The summed E-state index contributed by atoms with van der Waals surface area (Å²) in [6.45, 7) is 2.38. The fourth-order valence-electron chi connectivity index (χ4n) is 2.12. The van der Waals surface area contributed by atoms with E-state index in [1.54, 1.807) is 0 Å². The summed E-state index contributed by atoms with van der Waals surface area (Å²) in [4.78, 5) is 15.1. The molecule has 0 saturated heterocycles. The quantitative estimate of drug-likeness (QED) is 0.754. The van der Waals surface area contributed by atoms with Crippen LogP contribution in [0.15, 0.2) is 47.1 Å². The molecule has 19 heavy (non-hydrogen) atoms. The average molecular weight is 254 g/mol. The molecule has 2 aromatic heterocycles. The lowest BCUT2D eigenvalue weighted by atomic mass is 10.1. The number of amides is 1. The lowest BCUT2D eigenvalue weighted by molar-refractivity contribution is 0.0924. The first-order valence-corrected chi connectivity index (χ1v) is 6.13. The van der Waals surface area contributed by atoms with Crippen LogP contribution in [0.3, 0.4) is 0 Å². The van der Waals surface area contributed by atoms with Crippen molar-refractivity contribution in [2.45, 2.75) is 13.5 Å². The van der Waals surface area contributed by atoms with E-state index < -0.39 is 0 Å². The maximum absolute atomic E-state index is 12.1. The van der Waals surface area contributed by atoms with Crippen LogP contribution in [-0.4, -0.2) is 10.9 Å². The smallest absolute Gasteiger partial charge is 0.287 e. The number of carbonyl (C=O) groups is 1. The second kappa shape index (κ2) is 4.65. The number of H-pyrrole nitrogens is 1. The standard InChI is InChI=1S/C15H14N2O2/c1-10-12-4-2-3-5-13(12)19-14(10)15(18)17-9-11-6-7-16-8-11/h2-8,16H,9H2,1H3,(H,17,18). The normalized spacial score (nSPS) is 10.8. The zero-order chi connectivity index (χ0) is 13.2. The highest BCUT2D eigenvalue weighted by molar-refractivity contribution is 5.98. The maximum atomic E-state index is 12.1. The molecule has 0 saturated carbocycles. The van der Waals surface area contributed by atoms with Gasteiger partial charge in [-0.25, -0.2) is 0 Å². The van der Waals surface area contributed by atoms with Crippen molar-refractivity contribution < 1.29 is 9.21 Å². The first-order valence-electron chi connectivity index (χ1n) is 6.13. The largest absolute Gasteiger partial charge is 0.451 e. The van der Waals surface area contributed by atoms with Gasteiger partial charge >= 0.3 is 0 Å². The molecule has 0 radical (unpaired) electrons. The molecule has 0 unspecified atom stereocenters. The van der Waals surface area contributed by atoms with Crippen LogP contribution >= 0.6 is 0 Å². The second-order valence-corrected chi connectivity index (χ2v) is 4.45. The minimum Gasteiger partial charge on any atom is -0.451 e. The van der Waals surface area contributed by atoms with Crippen molar-refractivity contribution in [2.24, 2.45) is 0 Å². The van der Waals surface area contributed by atoms with Crippen LogP contribution < -0.4 is 5.32 Å². The van der Waals surface area contributed by atoms with Crippen LogP contribution in [0.2, 0.25) is 0 Å². The molecule has 0 aliphatic carbocycles. The summed E-state index contributed by atoms with van der Waals surface area (Å²) < 4.78 is 5.61. The van der Waals surface area contributed by atoms with E-state index >= 15 is 0 Å². The molecule has 0 bridgehead atoms. The molecule has 2 N–H and O–H groups in total. The van der Waals surface area contributed by atoms with Gasteiger partial charge in [-0.1, -0.05) is 18.2 Å². The van der Waals surface area contributed by atoms with E-state index in [0.29, 0.717) is 12.3 Å². The lowest BCUT2D eigenvalue weighted by Gasteiger charge is -2.01. The minimum atomic E-state index is -0.185. The number of hydrogen-bond donors (Lipinski definition) is 2. The Morgan fingerprint density at radius 3 is 2.89 bits per heavy atom. The topological polar surface area (TPSA) is 58.0 Å². The van der Waals surface area contributed by atoms with Gasteiger partial charge in [-0.2, -0.15) is 0 Å². The van der Waals surface area contributed by atoms with Crippen molar-refractivity contribution in [1.29, 1.82) is 0 Å². The molecule has 4 heteroatoms. The Kier molecular flexibility index (Phi) is 2.83. The molecular weight excluding hydrogens is 240 g/mol. The van der Waals surface area contributed by atoms with Crippen molar-refractivity contribution >= 4 is 16.9 Å². The third-order valence-corrected chi connectivity index (χ3v) is 3.17.